The topological polar surface area (TPSA) is 9.23 Å². The molecule has 0 rings (SSSR count). The number of halogens is 3. The molecule has 0 aromatic carbocycles. The normalized spacial score (nSPS) is 12.0. The van der Waals surface area contributed by atoms with E-state index in [1.165, 1.54) is 38.5 Å². The third-order valence-electron chi connectivity index (χ3n) is 2.66. The molecule has 0 unspecified atom stereocenters. The number of hydrogen-bond acceptors (Lipinski definition) is 1. The molecule has 0 saturated heterocycles. The van der Waals surface area contributed by atoms with Crippen LogP contribution < -0.4 is 0 Å². The highest BCUT2D eigenvalue weighted by Crippen LogP contribution is 2.15. The van der Waals surface area contributed by atoms with Gasteiger partial charge >= 0.3 is 6.18 Å². The maximum atomic E-state index is 11.7. The molecule has 0 amide bonds. The van der Waals surface area contributed by atoms with Crippen LogP contribution in [0.3, 0.4) is 0 Å². The van der Waals surface area contributed by atoms with Gasteiger partial charge in [-0.1, -0.05) is 58.3 Å². The lowest BCUT2D eigenvalue weighted by Gasteiger charge is -2.07. The van der Waals surface area contributed by atoms with Crippen LogP contribution in [-0.2, 0) is 4.74 Å². The lowest BCUT2D eigenvalue weighted by atomic mass is 10.1. The quantitative estimate of drug-likeness (QED) is 0.466. The van der Waals surface area contributed by atoms with Gasteiger partial charge in [-0.05, 0) is 6.42 Å². The highest BCUT2D eigenvalue weighted by molar-refractivity contribution is 4.48. The molecule has 0 radical (unpaired) electrons. The second-order valence-electron chi connectivity index (χ2n) is 4.50. The number of hydrogen-bond donors (Lipinski definition) is 0. The zero-order valence-corrected chi connectivity index (χ0v) is 10.8. The van der Waals surface area contributed by atoms with Crippen LogP contribution in [0.2, 0.25) is 0 Å². The Morgan fingerprint density at radius 3 is 1.71 bits per heavy atom. The number of rotatable bonds is 11. The predicted octanol–water partition coefficient (Wildman–Crippen LogP) is 5.10. The first-order valence-corrected chi connectivity index (χ1v) is 6.70. The van der Waals surface area contributed by atoms with Crippen molar-refractivity contribution in [2.75, 3.05) is 13.2 Å². The van der Waals surface area contributed by atoms with Crippen molar-refractivity contribution in [1.29, 1.82) is 0 Å². The van der Waals surface area contributed by atoms with Gasteiger partial charge in [-0.25, -0.2) is 0 Å². The molecule has 0 spiro atoms. The van der Waals surface area contributed by atoms with Gasteiger partial charge < -0.3 is 4.74 Å². The van der Waals surface area contributed by atoms with E-state index in [1.54, 1.807) is 0 Å². The SMILES string of the molecule is CCCCCCCCCCCOCC(F)(F)F. The average molecular weight is 254 g/mol. The fraction of sp³-hybridized carbons (Fsp3) is 1.00. The van der Waals surface area contributed by atoms with Gasteiger partial charge in [-0.15, -0.1) is 0 Å². The van der Waals surface area contributed by atoms with Crippen LogP contribution in [0.25, 0.3) is 0 Å². The largest absolute Gasteiger partial charge is 0.411 e. The van der Waals surface area contributed by atoms with Crippen molar-refractivity contribution < 1.29 is 17.9 Å². The molecule has 0 aliphatic heterocycles. The monoisotopic (exact) mass is 254 g/mol. The minimum atomic E-state index is -4.18. The molecule has 0 atom stereocenters. The summed E-state index contributed by atoms with van der Waals surface area (Å²) in [6, 6.07) is 0. The summed E-state index contributed by atoms with van der Waals surface area (Å²) in [7, 11) is 0. The van der Waals surface area contributed by atoms with Crippen molar-refractivity contribution in [1.82, 2.24) is 0 Å². The molecule has 4 heteroatoms. The highest BCUT2D eigenvalue weighted by Gasteiger charge is 2.26. The highest BCUT2D eigenvalue weighted by atomic mass is 19.4. The van der Waals surface area contributed by atoms with E-state index in [1.807, 2.05) is 0 Å². The smallest absolute Gasteiger partial charge is 0.372 e. The Hall–Kier alpha value is -0.250. The van der Waals surface area contributed by atoms with E-state index in [9.17, 15) is 13.2 Å². The predicted molar refractivity (Wildman–Crippen MR) is 64.1 cm³/mol. The number of unbranched alkanes of at least 4 members (excludes halogenated alkanes) is 8. The van der Waals surface area contributed by atoms with Crippen LogP contribution in [0, 0.1) is 0 Å². The van der Waals surface area contributed by atoms with E-state index >= 15 is 0 Å². The van der Waals surface area contributed by atoms with Gasteiger partial charge in [-0.2, -0.15) is 13.2 Å². The molecule has 0 N–H and O–H groups in total. The Balaban J connectivity index is 2.99. The first-order chi connectivity index (χ1) is 8.06. The molecule has 17 heavy (non-hydrogen) atoms. The molecule has 0 bridgehead atoms. The maximum Gasteiger partial charge on any atom is 0.411 e. The Morgan fingerprint density at radius 1 is 0.765 bits per heavy atom. The van der Waals surface area contributed by atoms with Crippen LogP contribution >= 0.6 is 0 Å². The van der Waals surface area contributed by atoms with Crippen molar-refractivity contribution in [3.8, 4) is 0 Å². The minimum absolute atomic E-state index is 0.231. The summed E-state index contributed by atoms with van der Waals surface area (Å²) in [5, 5.41) is 0. The maximum absolute atomic E-state index is 11.7. The standard InChI is InChI=1S/C13H25F3O/c1-2-3-4-5-6-7-8-9-10-11-17-12-13(14,15)16/h2-12H2,1H3. The minimum Gasteiger partial charge on any atom is -0.372 e. The molecule has 0 aliphatic rings. The molecule has 0 aliphatic carbocycles. The zero-order valence-electron chi connectivity index (χ0n) is 10.8. The summed E-state index contributed by atoms with van der Waals surface area (Å²) in [6.45, 7) is 1.32. The van der Waals surface area contributed by atoms with Crippen LogP contribution in [0.4, 0.5) is 13.2 Å². The Morgan fingerprint density at radius 2 is 1.24 bits per heavy atom. The summed E-state index contributed by atoms with van der Waals surface area (Å²) >= 11 is 0. The molecule has 0 aromatic heterocycles. The van der Waals surface area contributed by atoms with Crippen molar-refractivity contribution in [2.45, 2.75) is 70.9 Å². The summed E-state index contributed by atoms with van der Waals surface area (Å²) in [5.74, 6) is 0. The summed E-state index contributed by atoms with van der Waals surface area (Å²) in [6.07, 6.45) is 6.27. The lowest BCUT2D eigenvalue weighted by Crippen LogP contribution is -2.17. The van der Waals surface area contributed by atoms with Gasteiger partial charge in [-0.3, -0.25) is 0 Å². The van der Waals surface area contributed by atoms with Crippen LogP contribution in [0.5, 0.6) is 0 Å². The molecule has 104 valence electrons. The van der Waals surface area contributed by atoms with E-state index in [2.05, 4.69) is 11.7 Å². The molecular weight excluding hydrogens is 229 g/mol. The van der Waals surface area contributed by atoms with E-state index in [-0.39, 0.29) is 6.61 Å². The molecule has 0 heterocycles. The van der Waals surface area contributed by atoms with Crippen molar-refractivity contribution in [3.63, 3.8) is 0 Å². The summed E-state index contributed by atoms with van der Waals surface area (Å²) in [4.78, 5) is 0. The fourth-order valence-electron chi connectivity index (χ4n) is 1.70. The van der Waals surface area contributed by atoms with Crippen molar-refractivity contribution >= 4 is 0 Å². The van der Waals surface area contributed by atoms with Gasteiger partial charge in [0.05, 0.1) is 0 Å². The molecule has 0 fully saturated rings. The van der Waals surface area contributed by atoms with Gasteiger partial charge in [0.2, 0.25) is 0 Å². The van der Waals surface area contributed by atoms with Crippen LogP contribution in [0.1, 0.15) is 64.7 Å². The van der Waals surface area contributed by atoms with E-state index in [0.717, 1.165) is 19.3 Å². The van der Waals surface area contributed by atoms with Crippen LogP contribution in [0.15, 0.2) is 0 Å². The molecule has 1 nitrogen and oxygen atoms in total. The van der Waals surface area contributed by atoms with Gasteiger partial charge in [0.1, 0.15) is 6.61 Å². The van der Waals surface area contributed by atoms with Gasteiger partial charge in [0, 0.05) is 6.61 Å². The van der Waals surface area contributed by atoms with Crippen molar-refractivity contribution in [2.24, 2.45) is 0 Å². The van der Waals surface area contributed by atoms with Crippen molar-refractivity contribution in [3.05, 3.63) is 0 Å². The second-order valence-corrected chi connectivity index (χ2v) is 4.50. The first kappa shape index (κ1) is 16.8. The lowest BCUT2D eigenvalue weighted by molar-refractivity contribution is -0.174. The Kier molecular flexibility index (Phi) is 10.7. The first-order valence-electron chi connectivity index (χ1n) is 6.70. The average Bonchev–Trinajstić information content (AvgIpc) is 2.24. The third kappa shape index (κ3) is 15.8. The third-order valence-corrected chi connectivity index (χ3v) is 2.66. The Bertz CT molecular complexity index is 157. The van der Waals surface area contributed by atoms with Gasteiger partial charge in [0.25, 0.3) is 0 Å². The summed E-state index contributed by atoms with van der Waals surface area (Å²) in [5.41, 5.74) is 0. The molecular formula is C13H25F3O. The molecule has 0 saturated carbocycles. The Labute approximate surface area is 103 Å². The zero-order chi connectivity index (χ0) is 13.0. The van der Waals surface area contributed by atoms with E-state index in [0.29, 0.717) is 0 Å². The van der Waals surface area contributed by atoms with E-state index in [4.69, 9.17) is 0 Å². The van der Waals surface area contributed by atoms with Gasteiger partial charge in [0.15, 0.2) is 0 Å². The number of ether oxygens (including phenoxy) is 1. The number of alkyl halides is 3. The van der Waals surface area contributed by atoms with E-state index < -0.39 is 12.8 Å². The van der Waals surface area contributed by atoms with Crippen LogP contribution in [-0.4, -0.2) is 19.4 Å². The summed E-state index contributed by atoms with van der Waals surface area (Å²) < 4.78 is 39.7. The fourth-order valence-corrected chi connectivity index (χ4v) is 1.70. The second kappa shape index (κ2) is 10.9. The molecule has 0 aromatic rings.